The van der Waals surface area contributed by atoms with Crippen molar-refractivity contribution >= 4 is 5.91 Å². The smallest absolute Gasteiger partial charge is 0.416 e. The van der Waals surface area contributed by atoms with Crippen LogP contribution in [0, 0.1) is 0 Å². The minimum absolute atomic E-state index is 0.0559. The Morgan fingerprint density at radius 2 is 1.84 bits per heavy atom. The zero-order chi connectivity index (χ0) is 17.9. The highest BCUT2D eigenvalue weighted by molar-refractivity contribution is 5.94. The lowest BCUT2D eigenvalue weighted by Crippen LogP contribution is -2.23. The molecule has 2 aromatic heterocycles. The Balaban J connectivity index is 1.62. The fourth-order valence-corrected chi connectivity index (χ4v) is 1.99. The highest BCUT2D eigenvalue weighted by Gasteiger charge is 2.30. The molecular formula is C16H11F3N4O2. The van der Waals surface area contributed by atoms with E-state index < -0.39 is 17.6 Å². The van der Waals surface area contributed by atoms with Crippen LogP contribution in [0.4, 0.5) is 13.2 Å². The molecule has 128 valence electrons. The Bertz CT molecular complexity index is 861. The summed E-state index contributed by atoms with van der Waals surface area (Å²) in [6.45, 7) is -0.0559. The van der Waals surface area contributed by atoms with Crippen LogP contribution in [0.5, 0.6) is 0 Å². The lowest BCUT2D eigenvalue weighted by molar-refractivity contribution is -0.137. The van der Waals surface area contributed by atoms with Crippen LogP contribution in [0.1, 0.15) is 21.8 Å². The van der Waals surface area contributed by atoms with Crippen LogP contribution in [0.2, 0.25) is 0 Å². The summed E-state index contributed by atoms with van der Waals surface area (Å²) in [5.41, 5.74) is -0.228. The summed E-state index contributed by atoms with van der Waals surface area (Å²) < 4.78 is 42.9. The third-order valence-electron chi connectivity index (χ3n) is 3.23. The molecule has 25 heavy (non-hydrogen) atoms. The van der Waals surface area contributed by atoms with E-state index in [9.17, 15) is 18.0 Å². The predicted molar refractivity (Wildman–Crippen MR) is 80.1 cm³/mol. The molecule has 1 aromatic carbocycles. The van der Waals surface area contributed by atoms with Gasteiger partial charge in [-0.3, -0.25) is 9.78 Å². The molecule has 3 aromatic rings. The largest absolute Gasteiger partial charge is 0.417 e. The molecule has 0 saturated heterocycles. The molecule has 0 atom stereocenters. The zero-order valence-corrected chi connectivity index (χ0v) is 12.6. The summed E-state index contributed by atoms with van der Waals surface area (Å²) in [5.74, 6) is -0.188. The van der Waals surface area contributed by atoms with Gasteiger partial charge >= 0.3 is 6.18 Å². The first-order valence-corrected chi connectivity index (χ1v) is 7.13. The van der Waals surface area contributed by atoms with E-state index >= 15 is 0 Å². The van der Waals surface area contributed by atoms with Crippen LogP contribution in [0.25, 0.3) is 11.6 Å². The van der Waals surface area contributed by atoms with Crippen molar-refractivity contribution in [3.8, 4) is 11.6 Å². The average molecular weight is 348 g/mol. The molecule has 0 radical (unpaired) electrons. The summed E-state index contributed by atoms with van der Waals surface area (Å²) >= 11 is 0. The molecule has 0 bridgehead atoms. The van der Waals surface area contributed by atoms with Crippen molar-refractivity contribution in [2.45, 2.75) is 12.7 Å². The minimum Gasteiger partial charge on any atom is -0.417 e. The monoisotopic (exact) mass is 348 g/mol. The van der Waals surface area contributed by atoms with Crippen molar-refractivity contribution in [3.05, 3.63) is 65.7 Å². The van der Waals surface area contributed by atoms with Crippen molar-refractivity contribution in [2.75, 3.05) is 0 Å². The molecule has 1 amide bonds. The van der Waals surface area contributed by atoms with E-state index in [-0.39, 0.29) is 23.9 Å². The summed E-state index contributed by atoms with van der Waals surface area (Å²) in [7, 11) is 0. The SMILES string of the molecule is O=C(NCc1nnc(-c2ccccn2)o1)c1ccc(C(F)(F)F)cc1. The number of amides is 1. The van der Waals surface area contributed by atoms with Gasteiger partial charge in [-0.15, -0.1) is 10.2 Å². The van der Waals surface area contributed by atoms with Crippen LogP contribution in [0.3, 0.4) is 0 Å². The number of benzene rings is 1. The highest BCUT2D eigenvalue weighted by atomic mass is 19.4. The molecular weight excluding hydrogens is 337 g/mol. The van der Waals surface area contributed by atoms with Crippen LogP contribution in [0.15, 0.2) is 53.1 Å². The number of hydrogen-bond donors (Lipinski definition) is 1. The quantitative estimate of drug-likeness (QED) is 0.784. The zero-order valence-electron chi connectivity index (χ0n) is 12.6. The number of carbonyl (C=O) groups is 1. The molecule has 9 heteroatoms. The number of aromatic nitrogens is 3. The molecule has 6 nitrogen and oxygen atoms in total. The number of carbonyl (C=O) groups excluding carboxylic acids is 1. The van der Waals surface area contributed by atoms with Gasteiger partial charge in [-0.1, -0.05) is 6.07 Å². The van der Waals surface area contributed by atoms with E-state index in [0.717, 1.165) is 24.3 Å². The number of nitrogens with zero attached hydrogens (tertiary/aromatic N) is 3. The van der Waals surface area contributed by atoms with Crippen LogP contribution < -0.4 is 5.32 Å². The topological polar surface area (TPSA) is 80.9 Å². The fourth-order valence-electron chi connectivity index (χ4n) is 1.99. The van der Waals surface area contributed by atoms with E-state index in [2.05, 4.69) is 20.5 Å². The molecule has 0 unspecified atom stereocenters. The van der Waals surface area contributed by atoms with Crippen LogP contribution >= 0.6 is 0 Å². The van der Waals surface area contributed by atoms with E-state index in [1.54, 1.807) is 24.4 Å². The van der Waals surface area contributed by atoms with Crippen LogP contribution in [-0.2, 0) is 12.7 Å². The lowest BCUT2D eigenvalue weighted by atomic mass is 10.1. The molecule has 1 N–H and O–H groups in total. The molecule has 0 aliphatic carbocycles. The van der Waals surface area contributed by atoms with Gasteiger partial charge in [0.25, 0.3) is 11.8 Å². The standard InChI is InChI=1S/C16H11F3N4O2/c17-16(18,19)11-6-4-10(5-7-11)14(24)21-9-13-22-23-15(25-13)12-3-1-2-8-20-12/h1-8H,9H2,(H,21,24). The highest BCUT2D eigenvalue weighted by Crippen LogP contribution is 2.29. The predicted octanol–water partition coefficient (Wildman–Crippen LogP) is 3.08. The Morgan fingerprint density at radius 3 is 2.48 bits per heavy atom. The normalized spacial score (nSPS) is 11.3. The maximum absolute atomic E-state index is 12.5. The summed E-state index contributed by atoms with van der Waals surface area (Å²) in [6.07, 6.45) is -2.87. The van der Waals surface area contributed by atoms with E-state index in [1.165, 1.54) is 0 Å². The Morgan fingerprint density at radius 1 is 1.08 bits per heavy atom. The van der Waals surface area contributed by atoms with Gasteiger partial charge in [-0.25, -0.2) is 0 Å². The molecule has 0 aliphatic rings. The Labute approximate surface area is 139 Å². The number of pyridine rings is 1. The van der Waals surface area contributed by atoms with Crippen molar-refractivity contribution in [1.82, 2.24) is 20.5 Å². The first kappa shape index (κ1) is 16.6. The fraction of sp³-hybridized carbons (Fsp3) is 0.125. The number of rotatable bonds is 4. The minimum atomic E-state index is -4.44. The third kappa shape index (κ3) is 4.00. The number of halogens is 3. The first-order chi connectivity index (χ1) is 11.9. The van der Waals surface area contributed by atoms with Gasteiger partial charge in [0.1, 0.15) is 5.69 Å². The second-order valence-corrected chi connectivity index (χ2v) is 4.97. The summed E-state index contributed by atoms with van der Waals surface area (Å²) in [6, 6.07) is 9.10. The molecule has 0 fully saturated rings. The van der Waals surface area contributed by atoms with E-state index in [4.69, 9.17) is 4.42 Å². The maximum Gasteiger partial charge on any atom is 0.416 e. The van der Waals surface area contributed by atoms with E-state index in [0.29, 0.717) is 5.69 Å². The van der Waals surface area contributed by atoms with Gasteiger partial charge in [0.05, 0.1) is 12.1 Å². The van der Waals surface area contributed by atoms with Crippen LogP contribution in [-0.4, -0.2) is 21.1 Å². The van der Waals surface area contributed by atoms with Gasteiger partial charge in [0.15, 0.2) is 0 Å². The van der Waals surface area contributed by atoms with Gasteiger partial charge in [0.2, 0.25) is 5.89 Å². The second-order valence-electron chi connectivity index (χ2n) is 4.97. The van der Waals surface area contributed by atoms with Crippen molar-refractivity contribution in [3.63, 3.8) is 0 Å². The van der Waals surface area contributed by atoms with Gasteiger partial charge in [-0.2, -0.15) is 13.2 Å². The van der Waals surface area contributed by atoms with E-state index in [1.807, 2.05) is 0 Å². The van der Waals surface area contributed by atoms with Crippen molar-refractivity contribution in [2.24, 2.45) is 0 Å². The number of alkyl halides is 3. The Kier molecular flexibility index (Phi) is 4.46. The number of hydrogen-bond acceptors (Lipinski definition) is 5. The van der Waals surface area contributed by atoms with Crippen molar-refractivity contribution in [1.29, 1.82) is 0 Å². The Hall–Kier alpha value is -3.23. The maximum atomic E-state index is 12.5. The molecule has 3 rings (SSSR count). The molecule has 0 saturated carbocycles. The molecule has 2 heterocycles. The first-order valence-electron chi connectivity index (χ1n) is 7.13. The second kappa shape index (κ2) is 6.71. The molecule has 0 spiro atoms. The third-order valence-corrected chi connectivity index (χ3v) is 3.23. The van der Waals surface area contributed by atoms with Gasteiger partial charge in [-0.05, 0) is 36.4 Å². The molecule has 0 aliphatic heterocycles. The average Bonchev–Trinajstić information content (AvgIpc) is 3.09. The number of nitrogens with one attached hydrogen (secondary N) is 1. The van der Waals surface area contributed by atoms with Gasteiger partial charge in [0, 0.05) is 11.8 Å². The summed E-state index contributed by atoms with van der Waals surface area (Å²) in [5, 5.41) is 10.1. The lowest BCUT2D eigenvalue weighted by Gasteiger charge is -2.07. The van der Waals surface area contributed by atoms with Gasteiger partial charge < -0.3 is 9.73 Å². The summed E-state index contributed by atoms with van der Waals surface area (Å²) in [4.78, 5) is 16.0. The van der Waals surface area contributed by atoms with Crippen molar-refractivity contribution < 1.29 is 22.4 Å².